The summed E-state index contributed by atoms with van der Waals surface area (Å²) in [5.41, 5.74) is 0. The van der Waals surface area contributed by atoms with Crippen LogP contribution in [-0.4, -0.2) is 4.98 Å². The monoisotopic (exact) mass is 255 g/mol. The molecule has 0 atom stereocenters. The molecule has 1 heterocycles. The molecule has 48 valence electrons. The molecule has 1 nitrogen and oxygen atoms in total. The van der Waals surface area contributed by atoms with E-state index in [1.165, 1.54) is 12.4 Å². The molecular formula is C5H3FINS. The van der Waals surface area contributed by atoms with E-state index in [1.54, 1.807) is 0 Å². The average molecular weight is 255 g/mol. The van der Waals surface area contributed by atoms with E-state index in [9.17, 15) is 4.39 Å². The third kappa shape index (κ3) is 1.54. The Morgan fingerprint density at radius 2 is 2.22 bits per heavy atom. The third-order valence-corrected chi connectivity index (χ3v) is 2.68. The summed E-state index contributed by atoms with van der Waals surface area (Å²) >= 11 is 5.84. The fourth-order valence-corrected chi connectivity index (χ4v) is 0.861. The molecule has 0 aliphatic carbocycles. The Hall–Kier alpha value is 0.160. The predicted octanol–water partition coefficient (Wildman–Crippen LogP) is 2.11. The highest BCUT2D eigenvalue weighted by atomic mass is 127. The zero-order valence-corrected chi connectivity index (χ0v) is 7.36. The van der Waals surface area contributed by atoms with Crippen LogP contribution in [0.2, 0.25) is 0 Å². The summed E-state index contributed by atoms with van der Waals surface area (Å²) in [6.07, 6.45) is 2.68. The molecule has 0 fully saturated rings. The van der Waals surface area contributed by atoms with Crippen LogP contribution < -0.4 is 0 Å². The highest BCUT2D eigenvalue weighted by molar-refractivity contribution is 14.1. The van der Waals surface area contributed by atoms with Crippen molar-refractivity contribution < 1.29 is 4.39 Å². The molecule has 0 saturated heterocycles. The lowest BCUT2D eigenvalue weighted by atomic mass is 10.5. The van der Waals surface area contributed by atoms with E-state index >= 15 is 0 Å². The molecule has 0 spiro atoms. The standard InChI is InChI=1S/C5H3FINS/c6-3-1-8-2-4(9)5(3)7/h1-2,9H. The molecule has 1 aromatic rings. The van der Waals surface area contributed by atoms with Crippen molar-refractivity contribution >= 4 is 35.2 Å². The van der Waals surface area contributed by atoms with Gasteiger partial charge in [0.05, 0.1) is 9.77 Å². The Balaban J connectivity index is 3.25. The van der Waals surface area contributed by atoms with Gasteiger partial charge in [-0.3, -0.25) is 4.98 Å². The Morgan fingerprint density at radius 3 is 2.67 bits per heavy atom. The molecule has 0 unspecified atom stereocenters. The van der Waals surface area contributed by atoms with Crippen molar-refractivity contribution in [2.75, 3.05) is 0 Å². The Bertz CT molecular complexity index is 208. The molecular weight excluding hydrogens is 252 g/mol. The zero-order valence-electron chi connectivity index (χ0n) is 4.31. The molecule has 0 bridgehead atoms. The lowest BCUT2D eigenvalue weighted by Crippen LogP contribution is -1.84. The van der Waals surface area contributed by atoms with Crippen LogP contribution in [0.25, 0.3) is 0 Å². The largest absolute Gasteiger partial charge is 0.260 e. The normalized spacial score (nSPS) is 9.67. The first kappa shape index (κ1) is 7.27. The van der Waals surface area contributed by atoms with Crippen molar-refractivity contribution in [3.05, 3.63) is 21.8 Å². The molecule has 1 aromatic heterocycles. The molecule has 0 aromatic carbocycles. The van der Waals surface area contributed by atoms with Crippen molar-refractivity contribution in [1.29, 1.82) is 0 Å². The van der Waals surface area contributed by atoms with Crippen LogP contribution in [0.3, 0.4) is 0 Å². The molecule has 4 heteroatoms. The van der Waals surface area contributed by atoms with Gasteiger partial charge in [-0.1, -0.05) is 0 Å². The first-order valence-corrected chi connectivity index (χ1v) is 3.72. The van der Waals surface area contributed by atoms with E-state index in [-0.39, 0.29) is 5.82 Å². The van der Waals surface area contributed by atoms with Crippen molar-refractivity contribution in [2.45, 2.75) is 4.90 Å². The second-order valence-electron chi connectivity index (χ2n) is 1.45. The molecule has 1 rings (SSSR count). The maximum atomic E-state index is 12.5. The summed E-state index contributed by atoms with van der Waals surface area (Å²) < 4.78 is 13.0. The molecule has 0 N–H and O–H groups in total. The molecule has 0 amide bonds. The minimum atomic E-state index is -0.317. The second kappa shape index (κ2) is 2.83. The van der Waals surface area contributed by atoms with E-state index in [2.05, 4.69) is 17.6 Å². The smallest absolute Gasteiger partial charge is 0.155 e. The van der Waals surface area contributed by atoms with Gasteiger partial charge in [-0.25, -0.2) is 4.39 Å². The van der Waals surface area contributed by atoms with Gasteiger partial charge in [-0.2, -0.15) is 0 Å². The second-order valence-corrected chi connectivity index (χ2v) is 3.01. The van der Waals surface area contributed by atoms with Gasteiger partial charge in [-0.05, 0) is 22.6 Å². The van der Waals surface area contributed by atoms with E-state index in [1.807, 2.05) is 22.6 Å². The van der Waals surface area contributed by atoms with Crippen LogP contribution in [0.4, 0.5) is 4.39 Å². The van der Waals surface area contributed by atoms with Crippen LogP contribution in [0.5, 0.6) is 0 Å². The van der Waals surface area contributed by atoms with Gasteiger partial charge in [0, 0.05) is 11.1 Å². The van der Waals surface area contributed by atoms with Crippen molar-refractivity contribution in [3.63, 3.8) is 0 Å². The first-order chi connectivity index (χ1) is 4.22. The van der Waals surface area contributed by atoms with Gasteiger partial charge in [0.25, 0.3) is 0 Å². The van der Waals surface area contributed by atoms with Crippen molar-refractivity contribution in [3.8, 4) is 0 Å². The summed E-state index contributed by atoms with van der Waals surface area (Å²) in [5.74, 6) is -0.317. The van der Waals surface area contributed by atoms with Gasteiger partial charge in [0.1, 0.15) is 0 Å². The fraction of sp³-hybridized carbons (Fsp3) is 0. The summed E-state index contributed by atoms with van der Waals surface area (Å²) in [5, 5.41) is 0. The van der Waals surface area contributed by atoms with Gasteiger partial charge >= 0.3 is 0 Å². The Morgan fingerprint density at radius 1 is 1.56 bits per heavy atom. The quantitative estimate of drug-likeness (QED) is 0.553. The number of halogens is 2. The predicted molar refractivity (Wildman–Crippen MR) is 44.2 cm³/mol. The third-order valence-electron chi connectivity index (χ3n) is 0.819. The van der Waals surface area contributed by atoms with E-state index in [4.69, 9.17) is 0 Å². The molecule has 0 aliphatic heterocycles. The van der Waals surface area contributed by atoms with Crippen LogP contribution in [0.15, 0.2) is 17.3 Å². The Labute approximate surface area is 71.2 Å². The lowest BCUT2D eigenvalue weighted by molar-refractivity contribution is 0.608. The van der Waals surface area contributed by atoms with E-state index in [0.717, 1.165) is 0 Å². The maximum Gasteiger partial charge on any atom is 0.155 e. The van der Waals surface area contributed by atoms with Crippen LogP contribution >= 0.6 is 35.2 Å². The highest BCUT2D eigenvalue weighted by Gasteiger charge is 1.99. The van der Waals surface area contributed by atoms with Gasteiger partial charge in [-0.15, -0.1) is 12.6 Å². The summed E-state index contributed by atoms with van der Waals surface area (Å²) in [6.45, 7) is 0. The number of nitrogens with zero attached hydrogens (tertiary/aromatic N) is 1. The molecule has 0 saturated carbocycles. The fourth-order valence-electron chi connectivity index (χ4n) is 0.409. The number of pyridine rings is 1. The molecule has 9 heavy (non-hydrogen) atoms. The molecule has 0 radical (unpaired) electrons. The van der Waals surface area contributed by atoms with Gasteiger partial charge < -0.3 is 0 Å². The SMILES string of the molecule is Fc1cncc(S)c1I. The van der Waals surface area contributed by atoms with Crippen molar-refractivity contribution in [1.82, 2.24) is 4.98 Å². The van der Waals surface area contributed by atoms with E-state index in [0.29, 0.717) is 8.47 Å². The summed E-state index contributed by atoms with van der Waals surface area (Å²) in [7, 11) is 0. The van der Waals surface area contributed by atoms with Crippen LogP contribution in [0, 0.1) is 9.39 Å². The number of thiol groups is 1. The molecule has 0 aliphatic rings. The minimum absolute atomic E-state index is 0.317. The van der Waals surface area contributed by atoms with Gasteiger partial charge in [0.15, 0.2) is 5.82 Å². The first-order valence-electron chi connectivity index (χ1n) is 2.20. The number of hydrogen-bond donors (Lipinski definition) is 1. The van der Waals surface area contributed by atoms with Crippen LogP contribution in [0.1, 0.15) is 0 Å². The van der Waals surface area contributed by atoms with E-state index < -0.39 is 0 Å². The Kier molecular flexibility index (Phi) is 2.29. The lowest BCUT2D eigenvalue weighted by Gasteiger charge is -1.93. The maximum absolute atomic E-state index is 12.5. The topological polar surface area (TPSA) is 12.9 Å². The highest BCUT2D eigenvalue weighted by Crippen LogP contribution is 2.16. The average Bonchev–Trinajstić information content (AvgIpc) is 1.83. The summed E-state index contributed by atoms with van der Waals surface area (Å²) in [4.78, 5) is 4.17. The number of aromatic nitrogens is 1. The van der Waals surface area contributed by atoms with Crippen molar-refractivity contribution in [2.24, 2.45) is 0 Å². The minimum Gasteiger partial charge on any atom is -0.260 e. The number of hydrogen-bond acceptors (Lipinski definition) is 2. The van der Waals surface area contributed by atoms with Crippen LogP contribution in [-0.2, 0) is 0 Å². The van der Waals surface area contributed by atoms with Gasteiger partial charge in [0.2, 0.25) is 0 Å². The number of rotatable bonds is 0. The summed E-state index contributed by atoms with van der Waals surface area (Å²) in [6, 6.07) is 0. The zero-order chi connectivity index (χ0) is 6.85.